The number of primary amides is 1. The highest BCUT2D eigenvalue weighted by molar-refractivity contribution is 5.78. The van der Waals surface area contributed by atoms with Crippen LogP contribution in [0.2, 0.25) is 0 Å². The first kappa shape index (κ1) is 8.53. The minimum Gasteiger partial charge on any atom is -0.365 e. The monoisotopic (exact) mass is 157 g/mol. The number of hydrogen-bond donors (Lipinski definition) is 1. The first-order valence-corrected chi connectivity index (χ1v) is 4.23. The quantitative estimate of drug-likeness (QED) is 0.568. The number of carbonyl (C=O) groups excluding carboxylic acids is 1. The van der Waals surface area contributed by atoms with Gasteiger partial charge in [-0.1, -0.05) is 0 Å². The van der Waals surface area contributed by atoms with Gasteiger partial charge in [0.25, 0.3) is 5.91 Å². The molecule has 1 amide bonds. The number of hydrogen-bond acceptors (Lipinski definition) is 1. The number of carbonyl (C=O) groups is 1. The second-order valence-corrected chi connectivity index (χ2v) is 3.58. The van der Waals surface area contributed by atoms with Gasteiger partial charge in [0.1, 0.15) is 0 Å². The van der Waals surface area contributed by atoms with Crippen molar-refractivity contribution in [2.75, 3.05) is 20.1 Å². The molecule has 0 bridgehead atoms. The van der Waals surface area contributed by atoms with Gasteiger partial charge in [-0.05, 0) is 6.92 Å². The molecule has 0 aromatic rings. The van der Waals surface area contributed by atoms with E-state index in [-0.39, 0.29) is 11.9 Å². The van der Waals surface area contributed by atoms with Crippen LogP contribution in [0.1, 0.15) is 19.8 Å². The van der Waals surface area contributed by atoms with E-state index >= 15 is 0 Å². The largest absolute Gasteiger partial charge is 0.365 e. The van der Waals surface area contributed by atoms with E-state index in [1.165, 1.54) is 0 Å². The fourth-order valence-corrected chi connectivity index (χ4v) is 1.94. The molecule has 1 heterocycles. The van der Waals surface area contributed by atoms with Crippen molar-refractivity contribution < 1.29 is 9.28 Å². The highest BCUT2D eigenvalue weighted by atomic mass is 16.1. The molecule has 0 aromatic heterocycles. The summed E-state index contributed by atoms with van der Waals surface area (Å²) in [6, 6.07) is 0.0694. The Balaban J connectivity index is 2.72. The molecule has 1 rings (SSSR count). The molecule has 2 atom stereocenters. The molecule has 3 nitrogen and oxygen atoms in total. The molecule has 1 aliphatic rings. The molecular formula is C8H17N2O+. The van der Waals surface area contributed by atoms with E-state index in [0.29, 0.717) is 0 Å². The van der Waals surface area contributed by atoms with Crippen molar-refractivity contribution >= 4 is 5.91 Å². The van der Waals surface area contributed by atoms with Gasteiger partial charge in [0.15, 0.2) is 6.04 Å². The minimum absolute atomic E-state index is 0.0694. The molecule has 11 heavy (non-hydrogen) atoms. The van der Waals surface area contributed by atoms with Gasteiger partial charge in [0.05, 0.1) is 20.1 Å². The first-order valence-electron chi connectivity index (χ1n) is 4.23. The molecule has 0 aliphatic carbocycles. The second kappa shape index (κ2) is 2.81. The average molecular weight is 157 g/mol. The van der Waals surface area contributed by atoms with Crippen molar-refractivity contribution in [3.63, 3.8) is 0 Å². The predicted octanol–water partition coefficient (Wildman–Crippen LogP) is 0.101. The lowest BCUT2D eigenvalue weighted by Gasteiger charge is -2.32. The Hall–Kier alpha value is -0.570. The molecule has 1 fully saturated rings. The maximum absolute atomic E-state index is 11.0. The van der Waals surface area contributed by atoms with Crippen LogP contribution >= 0.6 is 0 Å². The van der Waals surface area contributed by atoms with E-state index in [4.69, 9.17) is 5.73 Å². The van der Waals surface area contributed by atoms with Crippen molar-refractivity contribution in [1.82, 2.24) is 0 Å². The molecule has 64 valence electrons. The van der Waals surface area contributed by atoms with Gasteiger partial charge in [-0.25, -0.2) is 0 Å². The summed E-state index contributed by atoms with van der Waals surface area (Å²) in [5, 5.41) is 0. The van der Waals surface area contributed by atoms with Crippen molar-refractivity contribution in [1.29, 1.82) is 0 Å². The van der Waals surface area contributed by atoms with Crippen LogP contribution in [0.15, 0.2) is 0 Å². The summed E-state index contributed by atoms with van der Waals surface area (Å²) in [5.41, 5.74) is 5.29. The van der Waals surface area contributed by atoms with Crippen LogP contribution in [0.25, 0.3) is 0 Å². The molecule has 2 N–H and O–H groups in total. The number of amides is 1. The molecule has 0 radical (unpaired) electrons. The SMILES string of the molecule is CC[N+]1(C)CCC[C@H]1C(N)=O. The van der Waals surface area contributed by atoms with Crippen LogP contribution in [-0.4, -0.2) is 36.6 Å². The Morgan fingerprint density at radius 2 is 2.36 bits per heavy atom. The maximum atomic E-state index is 11.0. The van der Waals surface area contributed by atoms with Crippen LogP contribution in [0.4, 0.5) is 0 Å². The zero-order valence-electron chi connectivity index (χ0n) is 7.34. The lowest BCUT2D eigenvalue weighted by atomic mass is 10.2. The Labute approximate surface area is 67.8 Å². The van der Waals surface area contributed by atoms with E-state index in [2.05, 4.69) is 14.0 Å². The first-order chi connectivity index (χ1) is 5.10. The number of likely N-dealkylation sites (N-methyl/N-ethyl adjacent to an activating group) is 1. The minimum atomic E-state index is -0.133. The summed E-state index contributed by atoms with van der Waals surface area (Å²) in [6.45, 7) is 4.22. The van der Waals surface area contributed by atoms with E-state index in [0.717, 1.165) is 30.4 Å². The van der Waals surface area contributed by atoms with E-state index in [9.17, 15) is 4.79 Å². The predicted molar refractivity (Wildman–Crippen MR) is 43.8 cm³/mol. The Bertz CT molecular complexity index is 169. The van der Waals surface area contributed by atoms with Crippen molar-refractivity contribution in [2.45, 2.75) is 25.8 Å². The van der Waals surface area contributed by atoms with E-state index < -0.39 is 0 Å². The molecule has 3 heteroatoms. The third-order valence-corrected chi connectivity index (χ3v) is 2.95. The molecule has 1 unspecified atom stereocenters. The summed E-state index contributed by atoms with van der Waals surface area (Å²) in [4.78, 5) is 11.0. The lowest BCUT2D eigenvalue weighted by molar-refractivity contribution is -0.910. The number of nitrogens with zero attached hydrogens (tertiary/aromatic N) is 1. The Kier molecular flexibility index (Phi) is 2.18. The zero-order valence-corrected chi connectivity index (χ0v) is 7.34. The van der Waals surface area contributed by atoms with Gasteiger partial charge in [-0.15, -0.1) is 0 Å². The van der Waals surface area contributed by atoms with Gasteiger partial charge in [-0.2, -0.15) is 0 Å². The number of rotatable bonds is 2. The summed E-state index contributed by atoms with van der Waals surface area (Å²) >= 11 is 0. The zero-order chi connectivity index (χ0) is 8.48. The van der Waals surface area contributed by atoms with Crippen LogP contribution < -0.4 is 5.73 Å². The Morgan fingerprint density at radius 3 is 2.73 bits per heavy atom. The smallest absolute Gasteiger partial charge is 0.275 e. The third-order valence-electron chi connectivity index (χ3n) is 2.95. The third kappa shape index (κ3) is 1.38. The highest BCUT2D eigenvalue weighted by Gasteiger charge is 2.40. The normalized spacial score (nSPS) is 37.5. The van der Waals surface area contributed by atoms with Crippen LogP contribution in [-0.2, 0) is 4.79 Å². The average Bonchev–Trinajstić information content (AvgIpc) is 2.32. The second-order valence-electron chi connectivity index (χ2n) is 3.58. The number of nitrogens with two attached hydrogens (primary N) is 1. The summed E-state index contributed by atoms with van der Waals surface area (Å²) in [6.07, 6.45) is 2.11. The van der Waals surface area contributed by atoms with Gasteiger partial charge < -0.3 is 10.2 Å². The lowest BCUT2D eigenvalue weighted by Crippen LogP contribution is -2.53. The molecule has 0 aromatic carbocycles. The molecule has 1 aliphatic heterocycles. The van der Waals surface area contributed by atoms with Crippen LogP contribution in [0.3, 0.4) is 0 Å². The molecule has 0 saturated carbocycles. The van der Waals surface area contributed by atoms with Gasteiger partial charge >= 0.3 is 0 Å². The van der Waals surface area contributed by atoms with E-state index in [1.807, 2.05) is 0 Å². The van der Waals surface area contributed by atoms with Gasteiger partial charge in [0.2, 0.25) is 0 Å². The fourth-order valence-electron chi connectivity index (χ4n) is 1.94. The maximum Gasteiger partial charge on any atom is 0.275 e. The van der Waals surface area contributed by atoms with Crippen molar-refractivity contribution in [3.8, 4) is 0 Å². The number of likely N-dealkylation sites (tertiary alicyclic amines) is 1. The van der Waals surface area contributed by atoms with Gasteiger partial charge in [0, 0.05) is 12.8 Å². The summed E-state index contributed by atoms with van der Waals surface area (Å²) in [7, 11) is 2.11. The highest BCUT2D eigenvalue weighted by Crippen LogP contribution is 2.23. The van der Waals surface area contributed by atoms with E-state index in [1.54, 1.807) is 0 Å². The van der Waals surface area contributed by atoms with Crippen LogP contribution in [0, 0.1) is 0 Å². The standard InChI is InChI=1S/C8H16N2O/c1-3-10(2)6-4-5-7(10)8(9)11/h7H,3-6H2,1-2H3,(H-,9,11)/p+1/t7-,10?/m0/s1. The molecule has 1 saturated heterocycles. The topological polar surface area (TPSA) is 43.1 Å². The van der Waals surface area contributed by atoms with Crippen molar-refractivity contribution in [3.05, 3.63) is 0 Å². The van der Waals surface area contributed by atoms with Gasteiger partial charge in [-0.3, -0.25) is 4.79 Å². The summed E-state index contributed by atoms with van der Waals surface area (Å²) < 4.78 is 0.843. The summed E-state index contributed by atoms with van der Waals surface area (Å²) in [5.74, 6) is -0.133. The fraction of sp³-hybridized carbons (Fsp3) is 0.875. The van der Waals surface area contributed by atoms with Crippen molar-refractivity contribution in [2.24, 2.45) is 5.73 Å². The molecule has 0 spiro atoms. The molecular weight excluding hydrogens is 140 g/mol. The van der Waals surface area contributed by atoms with Crippen LogP contribution in [0.5, 0.6) is 0 Å². The number of quaternary nitrogens is 1. The Morgan fingerprint density at radius 1 is 1.73 bits per heavy atom.